The molecule has 5 nitrogen and oxygen atoms in total. The second-order valence-corrected chi connectivity index (χ2v) is 8.00. The first-order valence-electron chi connectivity index (χ1n) is 10.5. The van der Waals surface area contributed by atoms with Crippen LogP contribution in [0.15, 0.2) is 48.8 Å². The monoisotopic (exact) mass is 378 g/mol. The van der Waals surface area contributed by atoms with E-state index in [1.165, 1.54) is 37.7 Å². The summed E-state index contributed by atoms with van der Waals surface area (Å²) in [6.45, 7) is 4.31. The van der Waals surface area contributed by atoms with Crippen LogP contribution >= 0.6 is 0 Å². The lowest BCUT2D eigenvalue weighted by molar-refractivity contribution is 0.0628. The van der Waals surface area contributed by atoms with E-state index >= 15 is 0 Å². The summed E-state index contributed by atoms with van der Waals surface area (Å²) in [4.78, 5) is 21.6. The highest BCUT2D eigenvalue weighted by Gasteiger charge is 2.23. The number of anilines is 1. The van der Waals surface area contributed by atoms with E-state index in [0.717, 1.165) is 38.4 Å². The lowest BCUT2D eigenvalue weighted by Gasteiger charge is -2.34. The van der Waals surface area contributed by atoms with Crippen LogP contribution in [0.4, 0.5) is 5.69 Å². The zero-order valence-corrected chi connectivity index (χ0v) is 16.5. The highest BCUT2D eigenvalue weighted by atomic mass is 16.2. The molecule has 1 saturated heterocycles. The van der Waals surface area contributed by atoms with E-state index in [4.69, 9.17) is 0 Å². The van der Waals surface area contributed by atoms with Gasteiger partial charge in [0.05, 0.1) is 11.3 Å². The second kappa shape index (κ2) is 9.20. The van der Waals surface area contributed by atoms with Gasteiger partial charge >= 0.3 is 0 Å². The quantitative estimate of drug-likeness (QED) is 0.860. The van der Waals surface area contributed by atoms with Crippen molar-refractivity contribution in [2.75, 3.05) is 31.5 Å². The SMILES string of the molecule is O=C(c1cncc(NC2CCCCC2)c1)N1CCN(Cc2ccccc2)CC1. The van der Waals surface area contributed by atoms with Crippen LogP contribution in [0, 0.1) is 0 Å². The van der Waals surface area contributed by atoms with Gasteiger partial charge in [-0.1, -0.05) is 49.6 Å². The molecule has 1 amide bonds. The summed E-state index contributed by atoms with van der Waals surface area (Å²) in [6, 6.07) is 13.0. The molecular weight excluding hydrogens is 348 g/mol. The molecule has 28 heavy (non-hydrogen) atoms. The van der Waals surface area contributed by atoms with Gasteiger partial charge in [-0.3, -0.25) is 14.7 Å². The van der Waals surface area contributed by atoms with Crippen LogP contribution in [0.1, 0.15) is 48.0 Å². The van der Waals surface area contributed by atoms with Crippen LogP contribution < -0.4 is 5.32 Å². The zero-order chi connectivity index (χ0) is 19.2. The molecule has 1 aromatic heterocycles. The summed E-state index contributed by atoms with van der Waals surface area (Å²) in [5.41, 5.74) is 2.99. The van der Waals surface area contributed by atoms with Crippen LogP contribution in [-0.2, 0) is 6.54 Å². The van der Waals surface area contributed by atoms with E-state index in [2.05, 4.69) is 39.5 Å². The maximum atomic E-state index is 12.9. The van der Waals surface area contributed by atoms with Gasteiger partial charge in [0.15, 0.2) is 0 Å². The number of benzene rings is 1. The minimum Gasteiger partial charge on any atom is -0.381 e. The smallest absolute Gasteiger partial charge is 0.255 e. The Morgan fingerprint density at radius 2 is 1.75 bits per heavy atom. The molecule has 5 heteroatoms. The molecule has 0 bridgehead atoms. The zero-order valence-electron chi connectivity index (χ0n) is 16.5. The Bertz CT molecular complexity index is 765. The maximum absolute atomic E-state index is 12.9. The van der Waals surface area contributed by atoms with Crippen LogP contribution in [-0.4, -0.2) is 52.9 Å². The fraction of sp³-hybridized carbons (Fsp3) is 0.478. The van der Waals surface area contributed by atoms with Crippen molar-refractivity contribution in [3.63, 3.8) is 0 Å². The number of carbonyl (C=O) groups is 1. The third-order valence-corrected chi connectivity index (χ3v) is 5.87. The van der Waals surface area contributed by atoms with Gasteiger partial charge in [-0.25, -0.2) is 0 Å². The van der Waals surface area contributed by atoms with Crippen LogP contribution in [0.3, 0.4) is 0 Å². The van der Waals surface area contributed by atoms with Gasteiger partial charge in [0.2, 0.25) is 0 Å². The fourth-order valence-corrected chi connectivity index (χ4v) is 4.25. The Morgan fingerprint density at radius 3 is 2.50 bits per heavy atom. The van der Waals surface area contributed by atoms with Gasteiger partial charge in [0.1, 0.15) is 0 Å². The number of pyridine rings is 1. The summed E-state index contributed by atoms with van der Waals surface area (Å²) in [7, 11) is 0. The molecule has 2 aromatic rings. The summed E-state index contributed by atoms with van der Waals surface area (Å²) < 4.78 is 0. The Labute approximate surface area is 167 Å². The molecule has 2 heterocycles. The molecule has 1 N–H and O–H groups in total. The lowest BCUT2D eigenvalue weighted by Crippen LogP contribution is -2.48. The molecule has 0 radical (unpaired) electrons. The van der Waals surface area contributed by atoms with Gasteiger partial charge < -0.3 is 10.2 Å². The van der Waals surface area contributed by atoms with Gasteiger partial charge in [-0.2, -0.15) is 0 Å². The summed E-state index contributed by atoms with van der Waals surface area (Å²) in [6.07, 6.45) is 9.87. The molecule has 1 saturated carbocycles. The van der Waals surface area contributed by atoms with Crippen molar-refractivity contribution in [1.29, 1.82) is 0 Å². The van der Waals surface area contributed by atoms with E-state index in [0.29, 0.717) is 11.6 Å². The van der Waals surface area contributed by atoms with Crippen molar-refractivity contribution < 1.29 is 4.79 Å². The normalized spacial score (nSPS) is 18.8. The molecule has 2 aliphatic rings. The average Bonchev–Trinajstić information content (AvgIpc) is 2.75. The van der Waals surface area contributed by atoms with E-state index in [1.54, 1.807) is 6.20 Å². The molecule has 148 valence electrons. The first-order valence-corrected chi connectivity index (χ1v) is 10.5. The Hall–Kier alpha value is -2.40. The van der Waals surface area contributed by atoms with Gasteiger partial charge in [0, 0.05) is 51.2 Å². The molecule has 0 atom stereocenters. The van der Waals surface area contributed by atoms with Gasteiger partial charge in [0.25, 0.3) is 5.91 Å². The van der Waals surface area contributed by atoms with Crippen molar-refractivity contribution in [1.82, 2.24) is 14.8 Å². The summed E-state index contributed by atoms with van der Waals surface area (Å²) in [5, 5.41) is 3.57. The molecule has 4 rings (SSSR count). The van der Waals surface area contributed by atoms with Crippen molar-refractivity contribution in [2.24, 2.45) is 0 Å². The molecule has 0 unspecified atom stereocenters. The molecule has 0 spiro atoms. The molecule has 1 aliphatic carbocycles. The van der Waals surface area contributed by atoms with Crippen molar-refractivity contribution in [3.8, 4) is 0 Å². The van der Waals surface area contributed by atoms with Crippen LogP contribution in [0.25, 0.3) is 0 Å². The number of aromatic nitrogens is 1. The van der Waals surface area contributed by atoms with E-state index in [1.807, 2.05) is 23.2 Å². The predicted octanol–water partition coefficient (Wildman–Crippen LogP) is 3.78. The number of nitrogens with zero attached hydrogens (tertiary/aromatic N) is 3. The standard InChI is InChI=1S/C23H30N4O/c28-23(20-15-22(17-24-16-20)25-21-9-5-2-6-10-21)27-13-11-26(12-14-27)18-19-7-3-1-4-8-19/h1,3-4,7-8,15-17,21,25H,2,5-6,9-14,18H2. The predicted molar refractivity (Wildman–Crippen MR) is 112 cm³/mol. The van der Waals surface area contributed by atoms with Crippen LogP contribution in [0.2, 0.25) is 0 Å². The average molecular weight is 379 g/mol. The van der Waals surface area contributed by atoms with Crippen LogP contribution in [0.5, 0.6) is 0 Å². The highest BCUT2D eigenvalue weighted by Crippen LogP contribution is 2.22. The van der Waals surface area contributed by atoms with Crippen molar-refractivity contribution in [2.45, 2.75) is 44.7 Å². The summed E-state index contributed by atoms with van der Waals surface area (Å²) >= 11 is 0. The molecular formula is C23H30N4O. The number of hydrogen-bond acceptors (Lipinski definition) is 4. The number of carbonyl (C=O) groups excluding carboxylic acids is 1. The molecule has 2 fully saturated rings. The highest BCUT2D eigenvalue weighted by molar-refractivity contribution is 5.94. The van der Waals surface area contributed by atoms with Crippen molar-refractivity contribution in [3.05, 3.63) is 59.9 Å². The van der Waals surface area contributed by atoms with Crippen molar-refractivity contribution >= 4 is 11.6 Å². The number of nitrogens with one attached hydrogen (secondary N) is 1. The van der Waals surface area contributed by atoms with Gasteiger partial charge in [-0.05, 0) is 24.5 Å². The molecule has 1 aromatic carbocycles. The fourth-order valence-electron chi connectivity index (χ4n) is 4.25. The Balaban J connectivity index is 1.31. The topological polar surface area (TPSA) is 48.5 Å². The third-order valence-electron chi connectivity index (χ3n) is 5.87. The second-order valence-electron chi connectivity index (χ2n) is 8.00. The number of hydrogen-bond donors (Lipinski definition) is 1. The summed E-state index contributed by atoms with van der Waals surface area (Å²) in [5.74, 6) is 0.0964. The first-order chi connectivity index (χ1) is 13.8. The largest absolute Gasteiger partial charge is 0.381 e. The third kappa shape index (κ3) is 4.90. The van der Waals surface area contributed by atoms with E-state index < -0.39 is 0 Å². The number of piperazine rings is 1. The number of rotatable bonds is 5. The Kier molecular flexibility index (Phi) is 6.22. The van der Waals surface area contributed by atoms with E-state index in [9.17, 15) is 4.79 Å². The minimum atomic E-state index is 0.0964. The first kappa shape index (κ1) is 18.9. The Morgan fingerprint density at radius 1 is 1.00 bits per heavy atom. The molecule has 1 aliphatic heterocycles. The number of amides is 1. The van der Waals surface area contributed by atoms with Gasteiger partial charge in [-0.15, -0.1) is 0 Å². The van der Waals surface area contributed by atoms with E-state index in [-0.39, 0.29) is 5.91 Å². The minimum absolute atomic E-state index is 0.0964. The lowest BCUT2D eigenvalue weighted by atomic mass is 9.95. The maximum Gasteiger partial charge on any atom is 0.255 e.